The Morgan fingerprint density at radius 2 is 2.05 bits per heavy atom. The molecule has 2 rings (SSSR count). The molecule has 1 aliphatic rings. The second-order valence-corrected chi connectivity index (χ2v) is 6.66. The lowest BCUT2D eigenvalue weighted by atomic mass is 10.2. The fourth-order valence-electron chi connectivity index (χ4n) is 2.09. The van der Waals surface area contributed by atoms with Crippen LogP contribution in [0.3, 0.4) is 0 Å². The molecule has 0 aliphatic carbocycles. The van der Waals surface area contributed by atoms with Crippen LogP contribution in [0.1, 0.15) is 31.7 Å². The molecule has 1 aliphatic heterocycles. The van der Waals surface area contributed by atoms with Gasteiger partial charge in [0, 0.05) is 0 Å². The number of hydrogen-bond acceptors (Lipinski definition) is 3. The first-order valence-electron chi connectivity index (χ1n) is 7.17. The highest BCUT2D eigenvalue weighted by atomic mass is 35.5. The topological polar surface area (TPSA) is 47.6 Å². The summed E-state index contributed by atoms with van der Waals surface area (Å²) in [4.78, 5) is 12.0. The highest BCUT2D eigenvalue weighted by Gasteiger charge is 2.43. The number of nitrogens with one attached hydrogen (secondary N) is 1. The zero-order chi connectivity index (χ0) is 16.2. The molecule has 22 heavy (non-hydrogen) atoms. The molecule has 1 unspecified atom stereocenters. The Labute approximate surface area is 140 Å². The van der Waals surface area contributed by atoms with Gasteiger partial charge in [-0.1, -0.05) is 55.1 Å². The van der Waals surface area contributed by atoms with Crippen LogP contribution in [0.2, 0.25) is 0 Å². The van der Waals surface area contributed by atoms with Crippen molar-refractivity contribution in [1.82, 2.24) is 5.32 Å². The molecule has 1 amide bonds. The fraction of sp³-hybridized carbons (Fsp3) is 0.438. The largest absolute Gasteiger partial charge is 0.497 e. The fourth-order valence-corrected chi connectivity index (χ4v) is 2.55. The summed E-state index contributed by atoms with van der Waals surface area (Å²) < 4.78 is 9.56. The third kappa shape index (κ3) is 4.08. The standard InChI is InChI=1S/C16H19Cl2NO3/c1-3-4-9-16(17,18)15-19-14(20)13(22-15)10-11-5-7-12(21-2)8-6-11/h5-8,10,15H,3-4,9H2,1-2H3,(H,19,20)/b13-10-. The van der Waals surface area contributed by atoms with E-state index in [1.165, 1.54) is 0 Å². The lowest BCUT2D eigenvalue weighted by Gasteiger charge is -2.24. The van der Waals surface area contributed by atoms with Gasteiger partial charge in [-0.3, -0.25) is 4.79 Å². The lowest BCUT2D eigenvalue weighted by molar-refractivity contribution is -0.116. The Kier molecular flexibility index (Phi) is 5.59. The zero-order valence-corrected chi connectivity index (χ0v) is 14.1. The molecular formula is C16H19Cl2NO3. The number of halogens is 2. The average molecular weight is 344 g/mol. The number of hydrogen-bond donors (Lipinski definition) is 1. The molecule has 120 valence electrons. The van der Waals surface area contributed by atoms with Crippen LogP contribution in [0, 0.1) is 0 Å². The maximum atomic E-state index is 12.0. The first-order valence-corrected chi connectivity index (χ1v) is 7.93. The molecule has 0 bridgehead atoms. The van der Waals surface area contributed by atoms with E-state index < -0.39 is 10.6 Å². The lowest BCUT2D eigenvalue weighted by Crippen LogP contribution is -2.41. The van der Waals surface area contributed by atoms with E-state index in [-0.39, 0.29) is 11.7 Å². The summed E-state index contributed by atoms with van der Waals surface area (Å²) in [5, 5.41) is 2.68. The average Bonchev–Trinajstić information content (AvgIpc) is 2.88. The number of carbonyl (C=O) groups excluding carboxylic acids is 1. The smallest absolute Gasteiger partial charge is 0.289 e. The maximum Gasteiger partial charge on any atom is 0.289 e. The van der Waals surface area contributed by atoms with Gasteiger partial charge < -0.3 is 14.8 Å². The van der Waals surface area contributed by atoms with E-state index in [1.807, 2.05) is 31.2 Å². The molecule has 1 heterocycles. The van der Waals surface area contributed by atoms with Crippen molar-refractivity contribution >= 4 is 35.2 Å². The minimum atomic E-state index is -1.14. The van der Waals surface area contributed by atoms with Crippen LogP contribution < -0.4 is 10.1 Å². The van der Waals surface area contributed by atoms with E-state index >= 15 is 0 Å². The molecule has 0 radical (unpaired) electrons. The van der Waals surface area contributed by atoms with Crippen molar-refractivity contribution in [1.29, 1.82) is 0 Å². The van der Waals surface area contributed by atoms with Crippen LogP contribution in [0.5, 0.6) is 5.75 Å². The zero-order valence-electron chi connectivity index (χ0n) is 12.6. The second kappa shape index (κ2) is 7.25. The quantitative estimate of drug-likeness (QED) is 0.629. The molecule has 1 N–H and O–H groups in total. The van der Waals surface area contributed by atoms with Gasteiger partial charge in [0.15, 0.2) is 10.1 Å². The molecule has 1 aromatic rings. The van der Waals surface area contributed by atoms with Crippen molar-refractivity contribution < 1.29 is 14.3 Å². The molecule has 1 fully saturated rings. The summed E-state index contributed by atoms with van der Waals surface area (Å²) >= 11 is 12.6. The highest BCUT2D eigenvalue weighted by Crippen LogP contribution is 2.35. The van der Waals surface area contributed by atoms with Gasteiger partial charge in [-0.25, -0.2) is 0 Å². The Morgan fingerprint density at radius 3 is 2.64 bits per heavy atom. The number of methoxy groups -OCH3 is 1. The van der Waals surface area contributed by atoms with Crippen molar-refractivity contribution in [3.8, 4) is 5.75 Å². The van der Waals surface area contributed by atoms with E-state index in [9.17, 15) is 4.79 Å². The Balaban J connectivity index is 2.09. The van der Waals surface area contributed by atoms with Gasteiger partial charge in [-0.2, -0.15) is 0 Å². The predicted octanol–water partition coefficient (Wildman–Crippen LogP) is 3.87. The molecule has 6 heteroatoms. The summed E-state index contributed by atoms with van der Waals surface area (Å²) in [6.45, 7) is 2.05. The molecular weight excluding hydrogens is 325 g/mol. The monoisotopic (exact) mass is 343 g/mol. The van der Waals surface area contributed by atoms with E-state index in [0.29, 0.717) is 6.42 Å². The Morgan fingerprint density at radius 1 is 1.36 bits per heavy atom. The summed E-state index contributed by atoms with van der Waals surface area (Å²) in [5.41, 5.74) is 0.829. The molecule has 0 saturated carbocycles. The number of ether oxygens (including phenoxy) is 2. The number of alkyl halides is 2. The summed E-state index contributed by atoms with van der Waals surface area (Å²) in [5.74, 6) is 0.636. The van der Waals surface area contributed by atoms with Gasteiger partial charge in [-0.15, -0.1) is 0 Å². The van der Waals surface area contributed by atoms with Crippen molar-refractivity contribution in [2.24, 2.45) is 0 Å². The summed E-state index contributed by atoms with van der Waals surface area (Å²) in [6, 6.07) is 7.29. The van der Waals surface area contributed by atoms with Gasteiger partial charge >= 0.3 is 0 Å². The Bertz CT molecular complexity index is 555. The van der Waals surface area contributed by atoms with Crippen molar-refractivity contribution in [3.63, 3.8) is 0 Å². The SMILES string of the molecule is CCCCC(Cl)(Cl)C1NC(=O)/C(=C/c2ccc(OC)cc2)O1. The number of unbranched alkanes of at least 4 members (excludes halogenated alkanes) is 1. The highest BCUT2D eigenvalue weighted by molar-refractivity contribution is 6.49. The van der Waals surface area contributed by atoms with Crippen LogP contribution in [0.4, 0.5) is 0 Å². The summed E-state index contributed by atoms with van der Waals surface area (Å²) in [6.07, 6.45) is 3.29. The molecule has 1 aromatic carbocycles. The number of rotatable bonds is 6. The normalized spacial score (nSPS) is 19.9. The Hall–Kier alpha value is -1.39. The van der Waals surface area contributed by atoms with Crippen molar-refractivity contribution in [3.05, 3.63) is 35.6 Å². The molecule has 0 aromatic heterocycles. The molecule has 0 spiro atoms. The number of carbonyl (C=O) groups is 1. The number of benzene rings is 1. The maximum absolute atomic E-state index is 12.0. The predicted molar refractivity (Wildman–Crippen MR) is 87.9 cm³/mol. The summed E-state index contributed by atoms with van der Waals surface area (Å²) in [7, 11) is 1.60. The van der Waals surface area contributed by atoms with Crippen LogP contribution in [0.25, 0.3) is 6.08 Å². The third-order valence-electron chi connectivity index (χ3n) is 3.39. The van der Waals surface area contributed by atoms with Crippen molar-refractivity contribution in [2.75, 3.05) is 7.11 Å². The minimum absolute atomic E-state index is 0.206. The van der Waals surface area contributed by atoms with Gasteiger partial charge in [0.05, 0.1) is 7.11 Å². The minimum Gasteiger partial charge on any atom is -0.497 e. The van der Waals surface area contributed by atoms with Crippen LogP contribution in [-0.2, 0) is 9.53 Å². The molecule has 4 nitrogen and oxygen atoms in total. The van der Waals surface area contributed by atoms with Gasteiger partial charge in [0.25, 0.3) is 5.91 Å². The van der Waals surface area contributed by atoms with Crippen LogP contribution >= 0.6 is 23.2 Å². The van der Waals surface area contributed by atoms with E-state index in [4.69, 9.17) is 32.7 Å². The number of amides is 1. The second-order valence-electron chi connectivity index (χ2n) is 5.12. The van der Waals surface area contributed by atoms with E-state index in [2.05, 4.69) is 5.32 Å². The molecule has 1 atom stereocenters. The first kappa shape index (κ1) is 17.0. The van der Waals surface area contributed by atoms with Gasteiger partial charge in [0.2, 0.25) is 6.23 Å². The van der Waals surface area contributed by atoms with E-state index in [1.54, 1.807) is 13.2 Å². The third-order valence-corrected chi connectivity index (χ3v) is 4.17. The van der Waals surface area contributed by atoms with Crippen LogP contribution in [-0.4, -0.2) is 23.6 Å². The van der Waals surface area contributed by atoms with E-state index in [0.717, 1.165) is 24.2 Å². The van der Waals surface area contributed by atoms with Crippen LogP contribution in [0.15, 0.2) is 30.0 Å². The first-order chi connectivity index (χ1) is 10.5. The molecule has 1 saturated heterocycles. The van der Waals surface area contributed by atoms with Gasteiger partial charge in [0.1, 0.15) is 5.75 Å². The van der Waals surface area contributed by atoms with Gasteiger partial charge in [-0.05, 0) is 30.2 Å². The van der Waals surface area contributed by atoms with Crippen molar-refractivity contribution in [2.45, 2.75) is 36.7 Å².